The monoisotopic (exact) mass is 255 g/mol. The molecule has 0 spiro atoms. The van der Waals surface area contributed by atoms with E-state index >= 15 is 0 Å². The molecule has 3 heterocycles. The Kier molecular flexibility index (Phi) is 1.52. The molecule has 1 amide bonds. The predicted molar refractivity (Wildman–Crippen MR) is 64.5 cm³/mol. The van der Waals surface area contributed by atoms with E-state index in [1.165, 1.54) is 10.5 Å². The number of aromatic nitrogens is 2. The summed E-state index contributed by atoms with van der Waals surface area (Å²) in [5, 5.41) is 11.1. The molecular weight excluding hydrogens is 250 g/mol. The van der Waals surface area contributed by atoms with Gasteiger partial charge in [-0.15, -0.1) is 0 Å². The van der Waals surface area contributed by atoms with Crippen LogP contribution in [0.2, 0.25) is 0 Å². The third-order valence-electron chi connectivity index (χ3n) is 3.20. The van der Waals surface area contributed by atoms with Crippen molar-refractivity contribution in [2.75, 3.05) is 5.32 Å². The molecule has 0 atom stereocenters. The SMILES string of the molecule is O=C(O)Nc1c2c(n3cc4nc4c13)C(=O)C=CC2=O. The molecule has 19 heavy (non-hydrogen) atoms. The summed E-state index contributed by atoms with van der Waals surface area (Å²) in [6.45, 7) is 0. The van der Waals surface area contributed by atoms with E-state index < -0.39 is 11.9 Å². The van der Waals surface area contributed by atoms with Crippen LogP contribution in [0.3, 0.4) is 0 Å². The maximum Gasteiger partial charge on any atom is 0.409 e. The molecule has 92 valence electrons. The molecule has 3 aromatic rings. The molecule has 0 saturated carbocycles. The molecule has 2 N–H and O–H groups in total. The van der Waals surface area contributed by atoms with Crippen molar-refractivity contribution in [2.45, 2.75) is 0 Å². The van der Waals surface area contributed by atoms with E-state index in [0.717, 1.165) is 6.08 Å². The molecule has 4 rings (SSSR count). The summed E-state index contributed by atoms with van der Waals surface area (Å²) in [6, 6.07) is 0. The highest BCUT2D eigenvalue weighted by atomic mass is 16.4. The zero-order chi connectivity index (χ0) is 13.3. The average Bonchev–Trinajstić information content (AvgIpc) is 2.88. The maximum atomic E-state index is 11.9. The molecule has 7 nitrogen and oxygen atoms in total. The van der Waals surface area contributed by atoms with Gasteiger partial charge in [0.15, 0.2) is 5.78 Å². The summed E-state index contributed by atoms with van der Waals surface area (Å²) in [4.78, 5) is 38.7. The van der Waals surface area contributed by atoms with Gasteiger partial charge in [0.2, 0.25) is 5.78 Å². The number of hydrogen-bond donors (Lipinski definition) is 2. The Hall–Kier alpha value is -2.96. The van der Waals surface area contributed by atoms with Crippen LogP contribution in [0.5, 0.6) is 0 Å². The third kappa shape index (κ3) is 1.11. The van der Waals surface area contributed by atoms with Gasteiger partial charge in [0, 0.05) is 6.20 Å². The fraction of sp³-hybridized carbons (Fsp3) is 0. The van der Waals surface area contributed by atoms with Crippen molar-refractivity contribution in [1.29, 1.82) is 0 Å². The van der Waals surface area contributed by atoms with E-state index in [1.54, 1.807) is 6.20 Å². The van der Waals surface area contributed by atoms with Gasteiger partial charge < -0.3 is 9.51 Å². The van der Waals surface area contributed by atoms with E-state index in [4.69, 9.17) is 5.11 Å². The lowest BCUT2D eigenvalue weighted by atomic mass is 10.0. The van der Waals surface area contributed by atoms with Crippen LogP contribution < -0.4 is 5.32 Å². The van der Waals surface area contributed by atoms with E-state index in [9.17, 15) is 14.4 Å². The zero-order valence-electron chi connectivity index (χ0n) is 9.30. The van der Waals surface area contributed by atoms with Crippen molar-refractivity contribution in [3.8, 4) is 0 Å². The number of allylic oxidation sites excluding steroid dienone is 2. The summed E-state index contributed by atoms with van der Waals surface area (Å²) in [5.41, 5.74) is 2.21. The number of hydrogen-bond acceptors (Lipinski definition) is 4. The number of ketones is 2. The van der Waals surface area contributed by atoms with Crippen LogP contribution in [0.25, 0.3) is 16.6 Å². The quantitative estimate of drug-likeness (QED) is 0.684. The molecule has 3 aromatic heterocycles. The topological polar surface area (TPSA) is 101 Å². The summed E-state index contributed by atoms with van der Waals surface area (Å²) in [6.07, 6.45) is 2.67. The molecule has 0 bridgehead atoms. The fourth-order valence-corrected chi connectivity index (χ4v) is 2.45. The number of nitrogens with one attached hydrogen (secondary N) is 1. The second-order valence-electron chi connectivity index (χ2n) is 4.28. The minimum atomic E-state index is -1.29. The van der Waals surface area contributed by atoms with Crippen molar-refractivity contribution < 1.29 is 19.5 Å². The van der Waals surface area contributed by atoms with Crippen molar-refractivity contribution >= 4 is 39.9 Å². The van der Waals surface area contributed by atoms with Crippen molar-refractivity contribution in [3.05, 3.63) is 29.6 Å². The number of fused-ring (bicyclic) bond motifs is 5. The van der Waals surface area contributed by atoms with Crippen LogP contribution in [-0.4, -0.2) is 32.2 Å². The van der Waals surface area contributed by atoms with E-state index in [2.05, 4.69) is 10.3 Å². The van der Waals surface area contributed by atoms with Crippen molar-refractivity contribution in [2.24, 2.45) is 0 Å². The average molecular weight is 255 g/mol. The minimum absolute atomic E-state index is 0.0924. The van der Waals surface area contributed by atoms with Gasteiger partial charge in [0.25, 0.3) is 0 Å². The first kappa shape index (κ1) is 10.0. The van der Waals surface area contributed by atoms with Gasteiger partial charge in [-0.25, -0.2) is 9.78 Å². The highest BCUT2D eigenvalue weighted by Crippen LogP contribution is 2.39. The molecular formula is C12H5N3O4. The lowest BCUT2D eigenvalue weighted by Crippen LogP contribution is -2.15. The standard InChI is InChI=1S/C12H5N3O4/c16-5-1-2-6(17)10-7(5)9(14-12(18)19)11-8-4(13-8)3-15(10)11/h1-3,14H,(H,18,19). The number of carbonyl (C=O) groups excluding carboxylic acids is 2. The molecule has 0 fully saturated rings. The van der Waals surface area contributed by atoms with E-state index in [1.807, 2.05) is 0 Å². The fourth-order valence-electron chi connectivity index (χ4n) is 2.45. The van der Waals surface area contributed by atoms with Crippen LogP contribution in [0.4, 0.5) is 10.5 Å². The molecule has 0 saturated heterocycles. The first-order valence-electron chi connectivity index (χ1n) is 5.44. The molecule has 1 aliphatic rings. The molecule has 0 aliphatic heterocycles. The molecule has 7 heteroatoms. The van der Waals surface area contributed by atoms with Gasteiger partial charge in [0.05, 0.1) is 16.8 Å². The number of rotatable bonds is 1. The van der Waals surface area contributed by atoms with E-state index in [-0.39, 0.29) is 22.7 Å². The van der Waals surface area contributed by atoms with Gasteiger partial charge in [0.1, 0.15) is 16.7 Å². The Morgan fingerprint density at radius 3 is 2.74 bits per heavy atom. The van der Waals surface area contributed by atoms with Gasteiger partial charge in [-0.3, -0.25) is 14.9 Å². The van der Waals surface area contributed by atoms with Crippen LogP contribution in [0, 0.1) is 0 Å². The van der Waals surface area contributed by atoms with Crippen LogP contribution in [0.1, 0.15) is 20.8 Å². The Balaban J connectivity index is 2.14. The summed E-state index contributed by atoms with van der Waals surface area (Å²) in [7, 11) is 0. The van der Waals surface area contributed by atoms with Crippen molar-refractivity contribution in [3.63, 3.8) is 0 Å². The number of nitrogens with zero attached hydrogens (tertiary/aromatic N) is 2. The highest BCUT2D eigenvalue weighted by molar-refractivity contribution is 6.28. The molecule has 1 aliphatic carbocycles. The largest absolute Gasteiger partial charge is 0.465 e. The second-order valence-corrected chi connectivity index (χ2v) is 4.28. The summed E-state index contributed by atoms with van der Waals surface area (Å²) >= 11 is 0. The first-order valence-corrected chi connectivity index (χ1v) is 5.44. The van der Waals surface area contributed by atoms with Crippen molar-refractivity contribution in [1.82, 2.24) is 9.38 Å². The van der Waals surface area contributed by atoms with Crippen LogP contribution >= 0.6 is 0 Å². The Morgan fingerprint density at radius 1 is 1.26 bits per heavy atom. The molecule has 0 radical (unpaired) electrons. The predicted octanol–water partition coefficient (Wildman–Crippen LogP) is 1.39. The lowest BCUT2D eigenvalue weighted by Gasteiger charge is -2.06. The number of anilines is 1. The van der Waals surface area contributed by atoms with Crippen LogP contribution in [-0.2, 0) is 0 Å². The van der Waals surface area contributed by atoms with Gasteiger partial charge >= 0.3 is 6.09 Å². The smallest absolute Gasteiger partial charge is 0.409 e. The zero-order valence-corrected chi connectivity index (χ0v) is 9.30. The Bertz CT molecular complexity index is 905. The molecule has 0 aromatic carbocycles. The second kappa shape index (κ2) is 2.89. The maximum absolute atomic E-state index is 11.9. The Morgan fingerprint density at radius 2 is 2.00 bits per heavy atom. The van der Waals surface area contributed by atoms with Gasteiger partial charge in [-0.2, -0.15) is 0 Å². The number of amides is 1. The molecule has 0 unspecified atom stereocenters. The number of carbonyl (C=O) groups is 3. The van der Waals surface area contributed by atoms with Gasteiger partial charge in [-0.05, 0) is 12.2 Å². The number of carboxylic acid groups (broad SMARTS) is 1. The van der Waals surface area contributed by atoms with Crippen LogP contribution in [0.15, 0.2) is 18.3 Å². The third-order valence-corrected chi connectivity index (χ3v) is 3.20. The lowest BCUT2D eigenvalue weighted by molar-refractivity contribution is 0.0991. The van der Waals surface area contributed by atoms with E-state index in [0.29, 0.717) is 16.6 Å². The first-order chi connectivity index (χ1) is 9.08. The van der Waals surface area contributed by atoms with Gasteiger partial charge in [-0.1, -0.05) is 0 Å². The summed E-state index contributed by atoms with van der Waals surface area (Å²) in [5.74, 6) is -0.718. The highest BCUT2D eigenvalue weighted by Gasteiger charge is 2.33. The Labute approximate surface area is 104 Å². The minimum Gasteiger partial charge on any atom is -0.465 e. The summed E-state index contributed by atoms with van der Waals surface area (Å²) < 4.78 is 1.53. The normalized spacial score (nSPS) is 14.7.